The Morgan fingerprint density at radius 2 is 1.96 bits per heavy atom. The highest BCUT2D eigenvalue weighted by Crippen LogP contribution is 2.37. The van der Waals surface area contributed by atoms with E-state index in [9.17, 15) is 14.0 Å². The molecule has 0 saturated carbocycles. The van der Waals surface area contributed by atoms with Crippen LogP contribution in [-0.4, -0.2) is 16.6 Å². The number of nitrogens with one attached hydrogen (secondary N) is 2. The molecule has 0 aliphatic carbocycles. The number of hydrogen-bond acceptors (Lipinski definition) is 3. The number of H-pyrrole nitrogens is 1. The van der Waals surface area contributed by atoms with Crippen LogP contribution in [0.2, 0.25) is 0 Å². The van der Waals surface area contributed by atoms with Gasteiger partial charge in [0.15, 0.2) is 0 Å². The third-order valence-electron chi connectivity index (χ3n) is 4.39. The van der Waals surface area contributed by atoms with Crippen LogP contribution in [0, 0.1) is 5.82 Å². The van der Waals surface area contributed by atoms with Gasteiger partial charge in [0.05, 0.1) is 11.6 Å². The molecule has 2 heterocycles. The monoisotopic (exact) mass is 354 g/mol. The molecule has 0 bridgehead atoms. The highest BCUT2D eigenvalue weighted by molar-refractivity contribution is 7.99. The Morgan fingerprint density at radius 3 is 2.80 bits per heavy atom. The lowest BCUT2D eigenvalue weighted by atomic mass is 10.0. The molecule has 1 aromatic heterocycles. The summed E-state index contributed by atoms with van der Waals surface area (Å²) < 4.78 is 14.0. The summed E-state index contributed by atoms with van der Waals surface area (Å²) in [4.78, 5) is 27.9. The van der Waals surface area contributed by atoms with Crippen LogP contribution in [0.3, 0.4) is 0 Å². The second kappa shape index (κ2) is 6.37. The van der Waals surface area contributed by atoms with Gasteiger partial charge in [0, 0.05) is 27.6 Å². The van der Waals surface area contributed by atoms with Gasteiger partial charge in [-0.05, 0) is 24.1 Å². The van der Waals surface area contributed by atoms with E-state index in [0.29, 0.717) is 21.2 Å². The summed E-state index contributed by atoms with van der Waals surface area (Å²) >= 11 is 1.47. The maximum atomic E-state index is 14.0. The summed E-state index contributed by atoms with van der Waals surface area (Å²) in [5, 5.41) is 4.07. The standard InChI is InChI=1S/C19H15FN2O2S/c20-15-7-3-6-13-16(8-9-25-17(13)15)22-19(24)14-10-21-18(23)12-5-2-1-4-11(12)14/h1-7,10,16H,8-9H2,(H,21,23)(H,22,24). The second-order valence-corrected chi connectivity index (χ2v) is 7.00. The Balaban J connectivity index is 1.70. The van der Waals surface area contributed by atoms with Gasteiger partial charge in [0.25, 0.3) is 11.5 Å². The number of aromatic amines is 1. The molecule has 0 spiro atoms. The Kier molecular flexibility index (Phi) is 4.05. The predicted molar refractivity (Wildman–Crippen MR) is 96.5 cm³/mol. The number of carbonyl (C=O) groups is 1. The van der Waals surface area contributed by atoms with Crippen molar-refractivity contribution in [1.82, 2.24) is 10.3 Å². The summed E-state index contributed by atoms with van der Waals surface area (Å²) in [6.07, 6.45) is 2.16. The van der Waals surface area contributed by atoms with Crippen molar-refractivity contribution in [2.75, 3.05) is 5.75 Å². The fraction of sp³-hybridized carbons (Fsp3) is 0.158. The molecular weight excluding hydrogens is 339 g/mol. The predicted octanol–water partition coefficient (Wildman–Crippen LogP) is 3.63. The Morgan fingerprint density at radius 1 is 1.16 bits per heavy atom. The van der Waals surface area contributed by atoms with Crippen molar-refractivity contribution in [3.63, 3.8) is 0 Å². The minimum Gasteiger partial charge on any atom is -0.345 e. The summed E-state index contributed by atoms with van der Waals surface area (Å²) in [6.45, 7) is 0. The van der Waals surface area contributed by atoms with Crippen LogP contribution in [0.5, 0.6) is 0 Å². The number of pyridine rings is 1. The average molecular weight is 354 g/mol. The van der Waals surface area contributed by atoms with E-state index in [1.54, 1.807) is 30.3 Å². The lowest BCUT2D eigenvalue weighted by Gasteiger charge is -2.26. The minimum absolute atomic E-state index is 0.228. The molecule has 1 unspecified atom stereocenters. The van der Waals surface area contributed by atoms with E-state index >= 15 is 0 Å². The first-order chi connectivity index (χ1) is 12.1. The van der Waals surface area contributed by atoms with E-state index in [2.05, 4.69) is 10.3 Å². The zero-order valence-corrected chi connectivity index (χ0v) is 14.0. The first-order valence-electron chi connectivity index (χ1n) is 7.97. The van der Waals surface area contributed by atoms with Crippen LogP contribution in [0.1, 0.15) is 28.4 Å². The van der Waals surface area contributed by atoms with E-state index in [4.69, 9.17) is 0 Å². The van der Waals surface area contributed by atoms with E-state index in [0.717, 1.165) is 17.7 Å². The van der Waals surface area contributed by atoms with Crippen molar-refractivity contribution in [1.29, 1.82) is 0 Å². The largest absolute Gasteiger partial charge is 0.345 e. The Hall–Kier alpha value is -2.60. The van der Waals surface area contributed by atoms with Gasteiger partial charge in [-0.2, -0.15) is 0 Å². The maximum Gasteiger partial charge on any atom is 0.255 e. The number of rotatable bonds is 2. The van der Waals surface area contributed by atoms with Gasteiger partial charge in [-0.1, -0.05) is 30.3 Å². The topological polar surface area (TPSA) is 62.0 Å². The van der Waals surface area contributed by atoms with Crippen LogP contribution in [0.25, 0.3) is 10.8 Å². The molecule has 0 radical (unpaired) electrons. The molecule has 25 heavy (non-hydrogen) atoms. The Labute approximate surface area is 147 Å². The number of halogens is 1. The van der Waals surface area contributed by atoms with Gasteiger partial charge in [0.1, 0.15) is 5.82 Å². The molecule has 1 aliphatic heterocycles. The van der Waals surface area contributed by atoms with Crippen LogP contribution in [0.15, 0.2) is 58.4 Å². The normalized spacial score (nSPS) is 16.4. The molecule has 2 N–H and O–H groups in total. The number of aromatic nitrogens is 1. The number of hydrogen-bond donors (Lipinski definition) is 2. The smallest absolute Gasteiger partial charge is 0.255 e. The molecule has 6 heteroatoms. The van der Waals surface area contributed by atoms with Crippen molar-refractivity contribution in [2.24, 2.45) is 0 Å². The number of amides is 1. The fourth-order valence-electron chi connectivity index (χ4n) is 3.17. The number of benzene rings is 2. The van der Waals surface area contributed by atoms with Crippen LogP contribution in [0.4, 0.5) is 4.39 Å². The molecule has 0 saturated heterocycles. The molecule has 0 fully saturated rings. The van der Waals surface area contributed by atoms with Crippen LogP contribution < -0.4 is 10.9 Å². The molecule has 1 amide bonds. The van der Waals surface area contributed by atoms with E-state index in [1.165, 1.54) is 24.0 Å². The molecule has 1 atom stereocenters. The van der Waals surface area contributed by atoms with E-state index in [1.807, 2.05) is 6.07 Å². The molecular formula is C19H15FN2O2S. The quantitative estimate of drug-likeness (QED) is 0.739. The average Bonchev–Trinajstić information content (AvgIpc) is 2.63. The maximum absolute atomic E-state index is 14.0. The Bertz CT molecular complexity index is 1030. The van der Waals surface area contributed by atoms with E-state index in [-0.39, 0.29) is 23.3 Å². The first kappa shape index (κ1) is 15.9. The van der Waals surface area contributed by atoms with Gasteiger partial charge in [0.2, 0.25) is 0 Å². The third kappa shape index (κ3) is 2.82. The fourth-order valence-corrected chi connectivity index (χ4v) is 4.31. The minimum atomic E-state index is -0.278. The number of carbonyl (C=O) groups excluding carboxylic acids is 1. The molecule has 4 nitrogen and oxygen atoms in total. The number of fused-ring (bicyclic) bond motifs is 2. The van der Waals surface area contributed by atoms with Crippen molar-refractivity contribution in [3.8, 4) is 0 Å². The van der Waals surface area contributed by atoms with Crippen molar-refractivity contribution < 1.29 is 9.18 Å². The lowest BCUT2D eigenvalue weighted by molar-refractivity contribution is 0.0936. The van der Waals surface area contributed by atoms with Crippen LogP contribution in [-0.2, 0) is 0 Å². The van der Waals surface area contributed by atoms with Gasteiger partial charge >= 0.3 is 0 Å². The molecule has 3 aromatic rings. The zero-order valence-electron chi connectivity index (χ0n) is 13.2. The molecule has 126 valence electrons. The number of thioether (sulfide) groups is 1. The summed E-state index contributed by atoms with van der Waals surface area (Å²) in [6, 6.07) is 11.7. The van der Waals surface area contributed by atoms with Crippen LogP contribution >= 0.6 is 11.8 Å². The zero-order chi connectivity index (χ0) is 17.4. The van der Waals surface area contributed by atoms with Gasteiger partial charge in [-0.25, -0.2) is 4.39 Å². The molecule has 4 rings (SSSR count). The highest BCUT2D eigenvalue weighted by atomic mass is 32.2. The SMILES string of the molecule is O=C(NC1CCSc2c(F)cccc21)c1c[nH]c(=O)c2ccccc12. The van der Waals surface area contributed by atoms with Crippen molar-refractivity contribution >= 4 is 28.4 Å². The van der Waals surface area contributed by atoms with Crippen molar-refractivity contribution in [2.45, 2.75) is 17.4 Å². The van der Waals surface area contributed by atoms with Crippen molar-refractivity contribution in [3.05, 3.63) is 76.0 Å². The summed E-state index contributed by atoms with van der Waals surface area (Å²) in [5.74, 6) is 0.209. The molecule has 1 aliphatic rings. The molecule has 2 aromatic carbocycles. The second-order valence-electron chi connectivity index (χ2n) is 5.90. The third-order valence-corrected chi connectivity index (χ3v) is 5.54. The first-order valence-corrected chi connectivity index (χ1v) is 8.96. The lowest BCUT2D eigenvalue weighted by Crippen LogP contribution is -2.31. The highest BCUT2D eigenvalue weighted by Gasteiger charge is 2.25. The van der Waals surface area contributed by atoms with Gasteiger partial charge < -0.3 is 10.3 Å². The van der Waals surface area contributed by atoms with E-state index < -0.39 is 0 Å². The van der Waals surface area contributed by atoms with Gasteiger partial charge in [-0.15, -0.1) is 11.8 Å². The summed E-state index contributed by atoms with van der Waals surface area (Å²) in [5.41, 5.74) is 0.985. The van der Waals surface area contributed by atoms with Gasteiger partial charge in [-0.3, -0.25) is 9.59 Å². The summed E-state index contributed by atoms with van der Waals surface area (Å²) in [7, 11) is 0.